The summed E-state index contributed by atoms with van der Waals surface area (Å²) in [5, 5.41) is 3.43. The molecule has 1 aliphatic heterocycles. The Kier molecular flexibility index (Phi) is 8.13. The number of hydrogen-bond donors (Lipinski definition) is 2. The average Bonchev–Trinajstić information content (AvgIpc) is 3.15. The molecule has 1 saturated carbocycles. The topological polar surface area (TPSA) is 83.0 Å². The molecule has 0 radical (unpaired) electrons. The molecule has 0 atom stereocenters. The molecule has 1 aromatic carbocycles. The third-order valence-corrected chi connectivity index (χ3v) is 7.66. The monoisotopic (exact) mass is 436 g/mol. The number of hydrogen-bond acceptors (Lipinski definition) is 4. The smallest absolute Gasteiger partial charge is 0.240 e. The van der Waals surface area contributed by atoms with Crippen molar-refractivity contribution in [3.05, 3.63) is 29.8 Å². The quantitative estimate of drug-likeness (QED) is 0.372. The number of sulfonamides is 1. The predicted molar refractivity (Wildman–Crippen MR) is 120 cm³/mol. The summed E-state index contributed by atoms with van der Waals surface area (Å²) in [4.78, 5) is 7.49. The molecule has 3 rings (SSSR count). The van der Waals surface area contributed by atoms with Crippen LogP contribution in [-0.2, 0) is 21.3 Å². The van der Waals surface area contributed by atoms with Gasteiger partial charge in [-0.3, -0.25) is 0 Å². The number of aliphatic imine (C=N–C) groups is 1. The van der Waals surface area contributed by atoms with E-state index in [1.54, 1.807) is 25.3 Å². The molecule has 2 aliphatic rings. The van der Waals surface area contributed by atoms with Gasteiger partial charge < -0.3 is 15.0 Å². The first-order chi connectivity index (χ1) is 14.5. The largest absolute Gasteiger partial charge is 0.383 e. The molecule has 2 N–H and O–H groups in total. The molecule has 168 valence electrons. The molecule has 1 heterocycles. The zero-order valence-electron chi connectivity index (χ0n) is 18.3. The highest BCUT2D eigenvalue weighted by Gasteiger charge is 2.39. The number of rotatable bonds is 8. The summed E-state index contributed by atoms with van der Waals surface area (Å²) in [5.41, 5.74) is 1.35. The highest BCUT2D eigenvalue weighted by molar-refractivity contribution is 7.89. The number of nitrogens with one attached hydrogen (secondary N) is 2. The van der Waals surface area contributed by atoms with Gasteiger partial charge in [-0.15, -0.1) is 0 Å². The van der Waals surface area contributed by atoms with Crippen LogP contribution in [0.2, 0.25) is 0 Å². The Morgan fingerprint density at radius 2 is 2.03 bits per heavy atom. The first-order valence-corrected chi connectivity index (χ1v) is 12.6. The van der Waals surface area contributed by atoms with E-state index in [1.165, 1.54) is 38.5 Å². The van der Waals surface area contributed by atoms with Crippen LogP contribution in [0.3, 0.4) is 0 Å². The molecule has 7 nitrogen and oxygen atoms in total. The molecular weight excluding hydrogens is 400 g/mol. The summed E-state index contributed by atoms with van der Waals surface area (Å²) in [6.07, 6.45) is 7.98. The predicted octanol–water partition coefficient (Wildman–Crippen LogP) is 2.73. The second-order valence-corrected chi connectivity index (χ2v) is 10.2. The minimum atomic E-state index is -3.54. The summed E-state index contributed by atoms with van der Waals surface area (Å²) < 4.78 is 32.4. The molecule has 0 bridgehead atoms. The standard InChI is InChI=1S/C22H36N4O3S/c1-3-23-21(26-14-12-22(18-26)10-5-4-6-11-22)24-17-19-8-7-9-20(16-19)30(27,28)25-13-15-29-2/h7-9,16,25H,3-6,10-15,17-18H2,1-2H3,(H,23,24). The minimum Gasteiger partial charge on any atom is -0.383 e. The van der Waals surface area contributed by atoms with E-state index in [2.05, 4.69) is 21.9 Å². The van der Waals surface area contributed by atoms with Gasteiger partial charge in [-0.1, -0.05) is 31.4 Å². The van der Waals surface area contributed by atoms with Crippen molar-refractivity contribution < 1.29 is 13.2 Å². The Morgan fingerprint density at radius 1 is 1.23 bits per heavy atom. The Balaban J connectivity index is 1.68. The van der Waals surface area contributed by atoms with Crippen LogP contribution in [0.15, 0.2) is 34.2 Å². The van der Waals surface area contributed by atoms with Crippen molar-refractivity contribution in [2.75, 3.05) is 39.9 Å². The molecule has 0 unspecified atom stereocenters. The minimum absolute atomic E-state index is 0.252. The fraction of sp³-hybridized carbons (Fsp3) is 0.682. The molecule has 8 heteroatoms. The van der Waals surface area contributed by atoms with Crippen molar-refractivity contribution in [2.24, 2.45) is 10.4 Å². The van der Waals surface area contributed by atoms with Crippen LogP contribution in [0.4, 0.5) is 0 Å². The molecule has 30 heavy (non-hydrogen) atoms. The van der Waals surface area contributed by atoms with Crippen LogP contribution >= 0.6 is 0 Å². The Hall–Kier alpha value is -1.64. The van der Waals surface area contributed by atoms with Gasteiger partial charge >= 0.3 is 0 Å². The van der Waals surface area contributed by atoms with Gasteiger partial charge in [0.15, 0.2) is 5.96 Å². The number of methoxy groups -OCH3 is 1. The molecule has 1 aliphatic carbocycles. The molecule has 0 aromatic heterocycles. The molecular formula is C22H36N4O3S. The maximum atomic E-state index is 12.5. The van der Waals surface area contributed by atoms with Crippen LogP contribution in [0.1, 0.15) is 51.0 Å². The third kappa shape index (κ3) is 5.95. The van der Waals surface area contributed by atoms with Crippen LogP contribution in [0, 0.1) is 5.41 Å². The number of guanidine groups is 1. The van der Waals surface area contributed by atoms with E-state index in [0.29, 0.717) is 18.6 Å². The highest BCUT2D eigenvalue weighted by Crippen LogP contribution is 2.43. The Morgan fingerprint density at radius 3 is 2.77 bits per heavy atom. The van der Waals surface area contributed by atoms with Gasteiger partial charge in [-0.25, -0.2) is 18.1 Å². The molecule has 1 saturated heterocycles. The maximum Gasteiger partial charge on any atom is 0.240 e. The normalized spacial score (nSPS) is 19.4. The van der Waals surface area contributed by atoms with E-state index >= 15 is 0 Å². The molecule has 2 fully saturated rings. The van der Waals surface area contributed by atoms with Gasteiger partial charge in [-0.05, 0) is 49.3 Å². The average molecular weight is 437 g/mol. The van der Waals surface area contributed by atoms with Gasteiger partial charge in [0.05, 0.1) is 18.0 Å². The molecule has 1 aromatic rings. The zero-order valence-corrected chi connectivity index (χ0v) is 19.1. The third-order valence-electron chi connectivity index (χ3n) is 6.21. The van der Waals surface area contributed by atoms with E-state index in [4.69, 9.17) is 9.73 Å². The van der Waals surface area contributed by atoms with Gasteiger partial charge in [0.1, 0.15) is 0 Å². The van der Waals surface area contributed by atoms with E-state index in [0.717, 1.165) is 31.2 Å². The van der Waals surface area contributed by atoms with Crippen LogP contribution in [0.5, 0.6) is 0 Å². The molecule has 1 spiro atoms. The van der Waals surface area contributed by atoms with E-state index in [9.17, 15) is 8.42 Å². The van der Waals surface area contributed by atoms with Crippen molar-refractivity contribution >= 4 is 16.0 Å². The van der Waals surface area contributed by atoms with Crippen molar-refractivity contribution in [3.63, 3.8) is 0 Å². The lowest BCUT2D eigenvalue weighted by Crippen LogP contribution is -2.41. The van der Waals surface area contributed by atoms with E-state index in [-0.39, 0.29) is 11.4 Å². The van der Waals surface area contributed by atoms with Crippen LogP contribution in [-0.4, -0.2) is 59.2 Å². The second kappa shape index (κ2) is 10.6. The lowest BCUT2D eigenvalue weighted by molar-refractivity contribution is 0.203. The fourth-order valence-electron chi connectivity index (χ4n) is 4.59. The zero-order chi connectivity index (χ0) is 21.5. The van der Waals surface area contributed by atoms with Crippen molar-refractivity contribution in [1.29, 1.82) is 0 Å². The SMILES string of the molecule is CCNC(=NCc1cccc(S(=O)(=O)NCCOC)c1)N1CCC2(CCCCC2)C1. The van der Waals surface area contributed by atoms with Crippen LogP contribution < -0.4 is 10.0 Å². The van der Waals surface area contributed by atoms with Crippen LogP contribution in [0.25, 0.3) is 0 Å². The first kappa shape index (κ1) is 23.0. The van der Waals surface area contributed by atoms with Gasteiger partial charge in [0, 0.05) is 33.3 Å². The molecule has 0 amide bonds. The first-order valence-electron chi connectivity index (χ1n) is 11.1. The number of likely N-dealkylation sites (tertiary alicyclic amines) is 1. The summed E-state index contributed by atoms with van der Waals surface area (Å²) in [6.45, 7) is 6.07. The lowest BCUT2D eigenvalue weighted by Gasteiger charge is -2.33. The Bertz CT molecular complexity index is 819. The highest BCUT2D eigenvalue weighted by atomic mass is 32.2. The number of benzene rings is 1. The van der Waals surface area contributed by atoms with Crippen molar-refractivity contribution in [2.45, 2.75) is 56.9 Å². The number of ether oxygens (including phenoxy) is 1. The van der Waals surface area contributed by atoms with Gasteiger partial charge in [-0.2, -0.15) is 0 Å². The number of nitrogens with zero attached hydrogens (tertiary/aromatic N) is 2. The summed E-state index contributed by atoms with van der Waals surface area (Å²) in [7, 11) is -2.00. The summed E-state index contributed by atoms with van der Waals surface area (Å²) >= 11 is 0. The lowest BCUT2D eigenvalue weighted by atomic mass is 9.73. The van der Waals surface area contributed by atoms with Gasteiger partial charge in [0.25, 0.3) is 0 Å². The summed E-state index contributed by atoms with van der Waals surface area (Å²) in [5.74, 6) is 0.937. The van der Waals surface area contributed by atoms with Crippen molar-refractivity contribution in [1.82, 2.24) is 14.9 Å². The van der Waals surface area contributed by atoms with Crippen molar-refractivity contribution in [3.8, 4) is 0 Å². The second-order valence-electron chi connectivity index (χ2n) is 8.44. The van der Waals surface area contributed by atoms with E-state index in [1.807, 2.05) is 6.07 Å². The maximum absolute atomic E-state index is 12.5. The summed E-state index contributed by atoms with van der Waals surface area (Å²) in [6, 6.07) is 7.01. The fourth-order valence-corrected chi connectivity index (χ4v) is 5.67. The van der Waals surface area contributed by atoms with E-state index < -0.39 is 10.0 Å². The van der Waals surface area contributed by atoms with Gasteiger partial charge in [0.2, 0.25) is 10.0 Å². The Labute approximate surface area is 181 Å².